The Bertz CT molecular complexity index is 483. The highest BCUT2D eigenvalue weighted by Gasteiger charge is 2.31. The van der Waals surface area contributed by atoms with Gasteiger partial charge in [-0.25, -0.2) is 0 Å². The van der Waals surface area contributed by atoms with E-state index >= 15 is 0 Å². The number of nitrogens with zero attached hydrogens (tertiary/aromatic N) is 3. The summed E-state index contributed by atoms with van der Waals surface area (Å²) in [6.45, 7) is 2.85. The molecule has 0 saturated heterocycles. The lowest BCUT2D eigenvalue weighted by Crippen LogP contribution is -2.39. The molecule has 2 atom stereocenters. The fourth-order valence-corrected chi connectivity index (χ4v) is 3.85. The molecular formula is C15H23N3OS. The molecule has 1 fully saturated rings. The molecule has 1 heterocycles. The minimum absolute atomic E-state index is 0.0832. The van der Waals surface area contributed by atoms with E-state index in [9.17, 15) is 4.79 Å². The first kappa shape index (κ1) is 15.2. The normalized spacial score (nSPS) is 22.6. The van der Waals surface area contributed by atoms with Crippen LogP contribution in [0.3, 0.4) is 0 Å². The number of rotatable bonds is 5. The fraction of sp³-hybridized carbons (Fsp3) is 0.600. The molecule has 0 aliphatic heterocycles. The number of likely N-dealkylation sites (N-methyl/N-ethyl adjacent to an activating group) is 1. The van der Waals surface area contributed by atoms with Gasteiger partial charge in [0, 0.05) is 37.2 Å². The molecule has 0 radical (unpaired) electrons. The Balaban J connectivity index is 2.00. The fourth-order valence-electron chi connectivity index (χ4n) is 2.81. The lowest BCUT2D eigenvalue weighted by Gasteiger charge is -2.27. The molecule has 5 heteroatoms. The van der Waals surface area contributed by atoms with Gasteiger partial charge in [-0.05, 0) is 38.2 Å². The summed E-state index contributed by atoms with van der Waals surface area (Å²) in [6.07, 6.45) is 11.0. The average molecular weight is 293 g/mol. The molecule has 0 N–H and O–H groups in total. The number of aryl methyl sites for hydroxylation is 1. The van der Waals surface area contributed by atoms with Crippen molar-refractivity contribution in [1.29, 1.82) is 0 Å². The van der Waals surface area contributed by atoms with Crippen LogP contribution in [0.1, 0.15) is 31.9 Å². The van der Waals surface area contributed by atoms with Crippen LogP contribution in [-0.2, 0) is 11.3 Å². The summed E-state index contributed by atoms with van der Waals surface area (Å²) in [5.74, 6) is 0.0832. The van der Waals surface area contributed by atoms with Crippen molar-refractivity contribution >= 4 is 23.7 Å². The minimum Gasteiger partial charge on any atom is -0.338 e. The van der Waals surface area contributed by atoms with E-state index in [1.807, 2.05) is 47.5 Å². The Morgan fingerprint density at radius 2 is 2.40 bits per heavy atom. The van der Waals surface area contributed by atoms with Crippen LogP contribution < -0.4 is 0 Å². The number of aromatic nitrogens is 2. The van der Waals surface area contributed by atoms with Crippen LogP contribution in [0.5, 0.6) is 0 Å². The van der Waals surface area contributed by atoms with E-state index in [0.29, 0.717) is 11.3 Å². The highest BCUT2D eigenvalue weighted by atomic mass is 32.2. The predicted molar refractivity (Wildman–Crippen MR) is 84.6 cm³/mol. The standard InChI is InChI=1S/C15H23N3OS/c1-4-18-12(10-11-16-18)8-9-15(19)17(2)13-6-5-7-14(13)20-3/h8-11,13-14H,4-7H2,1-3H3. The Morgan fingerprint density at radius 3 is 3.10 bits per heavy atom. The molecule has 0 bridgehead atoms. The Kier molecular flexibility index (Phi) is 5.29. The maximum absolute atomic E-state index is 12.3. The van der Waals surface area contributed by atoms with Crippen molar-refractivity contribution in [3.05, 3.63) is 24.0 Å². The molecule has 0 aromatic carbocycles. The van der Waals surface area contributed by atoms with Gasteiger partial charge in [0.25, 0.3) is 0 Å². The number of hydrogen-bond donors (Lipinski definition) is 0. The molecule has 1 amide bonds. The van der Waals surface area contributed by atoms with Crippen LogP contribution in [-0.4, -0.2) is 45.2 Å². The summed E-state index contributed by atoms with van der Waals surface area (Å²) >= 11 is 1.88. The van der Waals surface area contributed by atoms with Gasteiger partial charge in [-0.2, -0.15) is 16.9 Å². The first-order valence-corrected chi connectivity index (χ1v) is 8.45. The second-order valence-corrected chi connectivity index (χ2v) is 6.20. The molecule has 1 aliphatic carbocycles. The second kappa shape index (κ2) is 6.97. The van der Waals surface area contributed by atoms with Gasteiger partial charge in [-0.15, -0.1) is 0 Å². The first-order valence-electron chi connectivity index (χ1n) is 7.16. The van der Waals surface area contributed by atoms with Crippen LogP contribution in [0.2, 0.25) is 0 Å². The van der Waals surface area contributed by atoms with Crippen LogP contribution in [0.15, 0.2) is 18.3 Å². The molecule has 4 nitrogen and oxygen atoms in total. The zero-order valence-electron chi connectivity index (χ0n) is 12.5. The number of hydrogen-bond acceptors (Lipinski definition) is 3. The second-order valence-electron chi connectivity index (χ2n) is 5.13. The molecule has 2 unspecified atom stereocenters. The number of amides is 1. The molecule has 110 valence electrons. The van der Waals surface area contributed by atoms with Crippen molar-refractivity contribution in [2.75, 3.05) is 13.3 Å². The zero-order chi connectivity index (χ0) is 14.5. The largest absolute Gasteiger partial charge is 0.338 e. The van der Waals surface area contributed by atoms with E-state index in [1.54, 1.807) is 12.3 Å². The van der Waals surface area contributed by atoms with Crippen molar-refractivity contribution in [2.45, 2.75) is 44.0 Å². The van der Waals surface area contributed by atoms with Gasteiger partial charge in [0.05, 0.1) is 5.69 Å². The van der Waals surface area contributed by atoms with E-state index in [1.165, 1.54) is 12.8 Å². The maximum Gasteiger partial charge on any atom is 0.246 e. The molecule has 0 spiro atoms. The highest BCUT2D eigenvalue weighted by Crippen LogP contribution is 2.31. The van der Waals surface area contributed by atoms with Gasteiger partial charge >= 0.3 is 0 Å². The topological polar surface area (TPSA) is 38.1 Å². The molecule has 1 aromatic heterocycles. The van der Waals surface area contributed by atoms with Crippen molar-refractivity contribution < 1.29 is 4.79 Å². The van der Waals surface area contributed by atoms with Crippen molar-refractivity contribution in [2.24, 2.45) is 0 Å². The summed E-state index contributed by atoms with van der Waals surface area (Å²) in [5.41, 5.74) is 0.974. The Hall–Kier alpha value is -1.23. The summed E-state index contributed by atoms with van der Waals surface area (Å²) in [7, 11) is 1.92. The van der Waals surface area contributed by atoms with E-state index in [0.717, 1.165) is 18.7 Å². The van der Waals surface area contributed by atoms with Gasteiger partial charge in [0.1, 0.15) is 0 Å². The minimum atomic E-state index is 0.0832. The summed E-state index contributed by atoms with van der Waals surface area (Å²) in [5, 5.41) is 4.78. The van der Waals surface area contributed by atoms with Gasteiger partial charge in [0.15, 0.2) is 0 Å². The van der Waals surface area contributed by atoms with Crippen LogP contribution in [0, 0.1) is 0 Å². The summed E-state index contributed by atoms with van der Waals surface area (Å²) in [6, 6.07) is 2.30. The smallest absolute Gasteiger partial charge is 0.246 e. The Morgan fingerprint density at radius 1 is 1.60 bits per heavy atom. The lowest BCUT2D eigenvalue weighted by atomic mass is 10.2. The third-order valence-electron chi connectivity index (χ3n) is 4.01. The maximum atomic E-state index is 12.3. The SMILES string of the molecule is CCn1nccc1C=CC(=O)N(C)C1CCCC1SC. The van der Waals surface area contributed by atoms with Gasteiger partial charge in [-0.3, -0.25) is 9.48 Å². The van der Waals surface area contributed by atoms with E-state index < -0.39 is 0 Å². The van der Waals surface area contributed by atoms with Gasteiger partial charge < -0.3 is 4.90 Å². The van der Waals surface area contributed by atoms with Crippen molar-refractivity contribution in [3.8, 4) is 0 Å². The highest BCUT2D eigenvalue weighted by molar-refractivity contribution is 7.99. The zero-order valence-corrected chi connectivity index (χ0v) is 13.3. The first-order chi connectivity index (χ1) is 9.67. The van der Waals surface area contributed by atoms with E-state index in [4.69, 9.17) is 0 Å². The number of thioether (sulfide) groups is 1. The monoisotopic (exact) mass is 293 g/mol. The third-order valence-corrected chi connectivity index (χ3v) is 5.17. The van der Waals surface area contributed by atoms with Gasteiger partial charge in [0.2, 0.25) is 5.91 Å². The van der Waals surface area contributed by atoms with Crippen LogP contribution in [0.4, 0.5) is 0 Å². The lowest BCUT2D eigenvalue weighted by molar-refractivity contribution is -0.126. The van der Waals surface area contributed by atoms with Crippen molar-refractivity contribution in [1.82, 2.24) is 14.7 Å². The molecule has 20 heavy (non-hydrogen) atoms. The molecular weight excluding hydrogens is 270 g/mol. The van der Waals surface area contributed by atoms with E-state index in [2.05, 4.69) is 11.4 Å². The summed E-state index contributed by atoms with van der Waals surface area (Å²) < 4.78 is 1.88. The molecule has 1 aromatic rings. The number of carbonyl (C=O) groups is 1. The van der Waals surface area contributed by atoms with Crippen molar-refractivity contribution in [3.63, 3.8) is 0 Å². The molecule has 2 rings (SSSR count). The molecule has 1 aliphatic rings. The third kappa shape index (κ3) is 3.26. The van der Waals surface area contributed by atoms with Gasteiger partial charge in [-0.1, -0.05) is 6.42 Å². The van der Waals surface area contributed by atoms with Crippen LogP contribution in [0.25, 0.3) is 6.08 Å². The summed E-state index contributed by atoms with van der Waals surface area (Å²) in [4.78, 5) is 14.2. The predicted octanol–water partition coefficient (Wildman–Crippen LogP) is 2.66. The quantitative estimate of drug-likeness (QED) is 0.783. The number of carbonyl (C=O) groups excluding carboxylic acids is 1. The molecule has 1 saturated carbocycles. The van der Waals surface area contributed by atoms with Crippen LogP contribution >= 0.6 is 11.8 Å². The van der Waals surface area contributed by atoms with E-state index in [-0.39, 0.29) is 5.91 Å². The average Bonchev–Trinajstić information content (AvgIpc) is 3.11. The Labute approximate surface area is 125 Å².